The zero-order chi connectivity index (χ0) is 29.0. The molecule has 0 N–H and O–H groups in total. The van der Waals surface area contributed by atoms with Gasteiger partial charge in [-0.05, 0) is 59.8 Å². The summed E-state index contributed by atoms with van der Waals surface area (Å²) < 4.78 is 93.3. The number of carbonyl (C=O) groups is 2. The molecule has 3 aromatic rings. The van der Waals surface area contributed by atoms with Gasteiger partial charge in [-0.1, -0.05) is 18.2 Å². The molecule has 39 heavy (non-hydrogen) atoms. The summed E-state index contributed by atoms with van der Waals surface area (Å²) in [4.78, 5) is 29.6. The minimum Gasteiger partial charge on any atom is -0.332 e. The predicted octanol–water partition coefficient (Wildman–Crippen LogP) is 7.09. The largest absolute Gasteiger partial charge is 0.416 e. The van der Waals surface area contributed by atoms with Crippen LogP contribution in [0.2, 0.25) is 0 Å². The fourth-order valence-corrected chi connectivity index (χ4v) is 4.60. The van der Waals surface area contributed by atoms with Gasteiger partial charge in [0.1, 0.15) is 12.4 Å². The van der Waals surface area contributed by atoms with E-state index in [0.29, 0.717) is 17.7 Å². The molecule has 0 spiro atoms. The second-order valence-corrected chi connectivity index (χ2v) is 9.67. The molecular weight excluding hydrogens is 549 g/mol. The molecule has 4 nitrogen and oxygen atoms in total. The molecule has 0 atom stereocenters. The average molecular weight is 573 g/mol. The van der Waals surface area contributed by atoms with Crippen molar-refractivity contribution >= 4 is 23.2 Å². The van der Waals surface area contributed by atoms with Crippen LogP contribution in [0.3, 0.4) is 0 Å². The van der Waals surface area contributed by atoms with Gasteiger partial charge in [-0.2, -0.15) is 26.3 Å². The number of thiophene rings is 1. The Bertz CT molecular complexity index is 1300. The van der Waals surface area contributed by atoms with Crippen molar-refractivity contribution in [1.82, 2.24) is 9.80 Å². The minimum atomic E-state index is -5.14. The number of benzene rings is 2. The summed E-state index contributed by atoms with van der Waals surface area (Å²) in [7, 11) is 0. The summed E-state index contributed by atoms with van der Waals surface area (Å²) in [6.45, 7) is 4.50. The van der Waals surface area contributed by atoms with Crippen LogP contribution in [0, 0.1) is 12.7 Å². The lowest BCUT2D eigenvalue weighted by Crippen LogP contribution is -2.42. The molecule has 2 aromatic carbocycles. The summed E-state index contributed by atoms with van der Waals surface area (Å²) in [6.07, 6.45) is -9.07. The molecule has 0 saturated heterocycles. The maximum absolute atomic E-state index is 13.4. The number of amides is 2. The van der Waals surface area contributed by atoms with E-state index in [2.05, 4.69) is 6.58 Å². The first kappa shape index (κ1) is 29.9. The summed E-state index contributed by atoms with van der Waals surface area (Å²) in [6, 6.07) is 7.80. The number of rotatable bonds is 9. The van der Waals surface area contributed by atoms with E-state index in [1.54, 1.807) is 0 Å². The lowest BCUT2D eigenvalue weighted by molar-refractivity contribution is -0.143. The Morgan fingerprint density at radius 3 is 1.97 bits per heavy atom. The van der Waals surface area contributed by atoms with E-state index >= 15 is 0 Å². The smallest absolute Gasteiger partial charge is 0.332 e. The first-order valence-corrected chi connectivity index (χ1v) is 12.3. The van der Waals surface area contributed by atoms with Gasteiger partial charge in [-0.3, -0.25) is 9.59 Å². The van der Waals surface area contributed by atoms with Crippen LogP contribution in [0.25, 0.3) is 0 Å². The molecule has 0 radical (unpaired) electrons. The molecule has 2 amide bonds. The third-order valence-corrected chi connectivity index (χ3v) is 6.75. The second kappa shape index (κ2) is 12.0. The number of aryl methyl sites for hydroxylation is 1. The highest BCUT2D eigenvalue weighted by Gasteiger charge is 2.38. The Hall–Kier alpha value is -3.67. The molecule has 208 valence electrons. The topological polar surface area (TPSA) is 40.6 Å². The van der Waals surface area contributed by atoms with Crippen molar-refractivity contribution < 1.29 is 40.3 Å². The zero-order valence-electron chi connectivity index (χ0n) is 20.6. The summed E-state index contributed by atoms with van der Waals surface area (Å²) in [5.41, 5.74) is -2.67. The number of alkyl halides is 6. The van der Waals surface area contributed by atoms with Gasteiger partial charge < -0.3 is 9.80 Å². The highest BCUT2D eigenvalue weighted by atomic mass is 32.1. The molecular formula is C27H23F7N2O2S. The van der Waals surface area contributed by atoms with Crippen molar-refractivity contribution in [2.75, 3.05) is 13.1 Å². The summed E-state index contributed by atoms with van der Waals surface area (Å²) in [5.74, 6) is -2.30. The number of hydrogen-bond acceptors (Lipinski definition) is 3. The monoisotopic (exact) mass is 572 g/mol. The fraction of sp³-hybridized carbons (Fsp3) is 0.259. The van der Waals surface area contributed by atoms with Crippen LogP contribution in [-0.2, 0) is 30.2 Å². The molecule has 1 heterocycles. The third-order valence-electron chi connectivity index (χ3n) is 5.74. The molecule has 12 heteroatoms. The van der Waals surface area contributed by atoms with Crippen molar-refractivity contribution in [1.29, 1.82) is 0 Å². The molecule has 0 aliphatic carbocycles. The second-order valence-electron chi connectivity index (χ2n) is 8.67. The van der Waals surface area contributed by atoms with Gasteiger partial charge >= 0.3 is 12.4 Å². The normalized spacial score (nSPS) is 11.8. The Morgan fingerprint density at radius 2 is 1.49 bits per heavy atom. The van der Waals surface area contributed by atoms with Crippen molar-refractivity contribution in [3.05, 3.63) is 105 Å². The highest BCUT2D eigenvalue weighted by molar-refractivity contribution is 7.10. The Kier molecular flexibility index (Phi) is 9.21. The Morgan fingerprint density at radius 1 is 0.897 bits per heavy atom. The molecule has 0 fully saturated rings. The first-order chi connectivity index (χ1) is 18.2. The van der Waals surface area contributed by atoms with Crippen molar-refractivity contribution in [3.8, 4) is 0 Å². The lowest BCUT2D eigenvalue weighted by atomic mass is 10.0. The van der Waals surface area contributed by atoms with Gasteiger partial charge in [0.2, 0.25) is 5.91 Å². The molecule has 0 aliphatic rings. The molecule has 0 unspecified atom stereocenters. The SMILES string of the molecule is C=CCN(CC(=O)N(Cc1ccc(F)cc1)Cc1sccc1C)C(=O)c1cc(C(F)(F)F)cc(C(F)(F)F)c1. The van der Waals surface area contributed by atoms with Crippen LogP contribution in [0.5, 0.6) is 0 Å². The van der Waals surface area contributed by atoms with Gasteiger partial charge in [-0.15, -0.1) is 17.9 Å². The van der Waals surface area contributed by atoms with E-state index in [1.807, 2.05) is 18.4 Å². The van der Waals surface area contributed by atoms with Gasteiger partial charge in [0.15, 0.2) is 0 Å². The van der Waals surface area contributed by atoms with Crippen molar-refractivity contribution in [2.45, 2.75) is 32.4 Å². The van der Waals surface area contributed by atoms with Crippen LogP contribution in [0.15, 0.2) is 66.6 Å². The number of nitrogens with zero attached hydrogens (tertiary/aromatic N) is 2. The standard InChI is InChI=1S/C27H23F7N2O2S/c1-3-9-35(25(38)19-11-20(26(29,30)31)13-21(12-19)27(32,33)34)16-24(37)36(15-23-17(2)8-10-39-23)14-18-4-6-22(28)7-5-18/h3-8,10-13H,1,9,14-16H2,2H3. The van der Waals surface area contributed by atoms with Gasteiger partial charge in [-0.25, -0.2) is 4.39 Å². The molecule has 0 aliphatic heterocycles. The fourth-order valence-electron chi connectivity index (χ4n) is 3.68. The maximum Gasteiger partial charge on any atom is 0.416 e. The molecule has 1 aromatic heterocycles. The third kappa shape index (κ3) is 7.92. The number of carbonyl (C=O) groups excluding carboxylic acids is 2. The van der Waals surface area contributed by atoms with Crippen LogP contribution < -0.4 is 0 Å². The van der Waals surface area contributed by atoms with E-state index in [1.165, 1.54) is 46.6 Å². The molecule has 0 bridgehead atoms. The van der Waals surface area contributed by atoms with E-state index in [-0.39, 0.29) is 25.7 Å². The van der Waals surface area contributed by atoms with Crippen molar-refractivity contribution in [2.24, 2.45) is 0 Å². The van der Waals surface area contributed by atoms with E-state index in [9.17, 15) is 40.3 Å². The van der Waals surface area contributed by atoms with Crippen LogP contribution >= 0.6 is 11.3 Å². The molecule has 0 saturated carbocycles. The van der Waals surface area contributed by atoms with Gasteiger partial charge in [0.05, 0.1) is 17.7 Å². The average Bonchev–Trinajstić information content (AvgIpc) is 3.27. The van der Waals surface area contributed by atoms with Crippen molar-refractivity contribution in [3.63, 3.8) is 0 Å². The maximum atomic E-state index is 13.4. The van der Waals surface area contributed by atoms with E-state index in [0.717, 1.165) is 15.3 Å². The van der Waals surface area contributed by atoms with Crippen LogP contribution in [0.1, 0.15) is 37.5 Å². The summed E-state index contributed by atoms with van der Waals surface area (Å²) in [5, 5.41) is 1.82. The van der Waals surface area contributed by atoms with E-state index in [4.69, 9.17) is 0 Å². The lowest BCUT2D eigenvalue weighted by Gasteiger charge is -2.28. The summed E-state index contributed by atoms with van der Waals surface area (Å²) >= 11 is 1.38. The van der Waals surface area contributed by atoms with E-state index < -0.39 is 53.2 Å². The zero-order valence-corrected chi connectivity index (χ0v) is 21.4. The first-order valence-electron chi connectivity index (χ1n) is 11.4. The number of hydrogen-bond donors (Lipinski definition) is 0. The Labute approximate surface area is 224 Å². The molecule has 3 rings (SSSR count). The highest BCUT2D eigenvalue weighted by Crippen LogP contribution is 2.36. The predicted molar refractivity (Wildman–Crippen MR) is 132 cm³/mol. The van der Waals surface area contributed by atoms with Gasteiger partial charge in [0.25, 0.3) is 5.91 Å². The quantitative estimate of drug-likeness (QED) is 0.203. The Balaban J connectivity index is 1.93. The van der Waals surface area contributed by atoms with Gasteiger partial charge in [0, 0.05) is 23.5 Å². The minimum absolute atomic E-state index is 0.0222. The van der Waals surface area contributed by atoms with Crippen LogP contribution in [0.4, 0.5) is 30.7 Å². The number of halogens is 7. The van der Waals surface area contributed by atoms with Crippen LogP contribution in [-0.4, -0.2) is 34.7 Å².